The number of aromatic nitrogens is 2. The van der Waals surface area contributed by atoms with Crippen LogP contribution in [-0.2, 0) is 6.54 Å². The molecule has 4 nitrogen and oxygen atoms in total. The molecule has 1 atom stereocenters. The van der Waals surface area contributed by atoms with E-state index < -0.39 is 6.10 Å². The predicted molar refractivity (Wildman–Crippen MR) is 93.5 cm³/mol. The van der Waals surface area contributed by atoms with Crippen LogP contribution in [0.4, 0.5) is 0 Å². The van der Waals surface area contributed by atoms with Gasteiger partial charge in [0.05, 0.1) is 17.5 Å². The second kappa shape index (κ2) is 7.66. The number of hydrogen-bond acceptors (Lipinski definition) is 5. The van der Waals surface area contributed by atoms with E-state index in [2.05, 4.69) is 15.3 Å². The smallest absolute Gasteiger partial charge is 0.142 e. The summed E-state index contributed by atoms with van der Waals surface area (Å²) in [5.74, 6) is 0. The van der Waals surface area contributed by atoms with Crippen molar-refractivity contribution in [1.29, 1.82) is 0 Å². The lowest BCUT2D eigenvalue weighted by atomic mass is 10.1. The Bertz CT molecular complexity index is 746. The first kappa shape index (κ1) is 16.1. The number of rotatable bonds is 6. The Hall–Kier alpha value is -1.79. The Morgan fingerprint density at radius 1 is 1.17 bits per heavy atom. The van der Waals surface area contributed by atoms with Gasteiger partial charge >= 0.3 is 0 Å². The van der Waals surface area contributed by atoms with Gasteiger partial charge in [-0.1, -0.05) is 29.8 Å². The van der Waals surface area contributed by atoms with E-state index in [1.165, 1.54) is 0 Å². The summed E-state index contributed by atoms with van der Waals surface area (Å²) in [5.41, 5.74) is 2.67. The van der Waals surface area contributed by atoms with Crippen molar-refractivity contribution in [2.24, 2.45) is 0 Å². The lowest BCUT2D eigenvalue weighted by molar-refractivity contribution is 0.174. The van der Waals surface area contributed by atoms with Crippen LogP contribution in [0.3, 0.4) is 0 Å². The van der Waals surface area contributed by atoms with E-state index in [9.17, 15) is 5.11 Å². The van der Waals surface area contributed by atoms with E-state index in [4.69, 9.17) is 11.6 Å². The monoisotopic (exact) mass is 345 g/mol. The zero-order chi connectivity index (χ0) is 16.1. The molecule has 3 rings (SSSR count). The number of benzene rings is 1. The van der Waals surface area contributed by atoms with Crippen molar-refractivity contribution in [2.45, 2.75) is 12.6 Å². The molecule has 0 spiro atoms. The second-order valence-corrected chi connectivity index (χ2v) is 6.35. The normalized spacial score (nSPS) is 12.3. The molecule has 0 aliphatic heterocycles. The minimum atomic E-state index is -0.568. The van der Waals surface area contributed by atoms with Gasteiger partial charge in [0.25, 0.3) is 0 Å². The standard InChI is InChI=1S/C17H16ClN3OS/c18-13-6-4-12(5-7-13)16(22)10-19-9-14-11-23-17(21-14)15-3-1-2-8-20-15/h1-8,11,16,19,22H,9-10H2. The van der Waals surface area contributed by atoms with Gasteiger partial charge in [0, 0.05) is 29.7 Å². The van der Waals surface area contributed by atoms with Crippen LogP contribution in [0.5, 0.6) is 0 Å². The molecule has 0 saturated carbocycles. The number of halogens is 1. The molecule has 1 aromatic carbocycles. The molecule has 23 heavy (non-hydrogen) atoms. The quantitative estimate of drug-likeness (QED) is 0.715. The van der Waals surface area contributed by atoms with Crippen molar-refractivity contribution in [3.63, 3.8) is 0 Å². The molecule has 0 amide bonds. The van der Waals surface area contributed by atoms with Crippen LogP contribution in [0.2, 0.25) is 5.02 Å². The fourth-order valence-electron chi connectivity index (χ4n) is 2.13. The third kappa shape index (κ3) is 4.36. The molecule has 0 radical (unpaired) electrons. The number of hydrogen-bond donors (Lipinski definition) is 2. The minimum Gasteiger partial charge on any atom is -0.387 e. The Kier molecular flexibility index (Phi) is 5.35. The van der Waals surface area contributed by atoms with Gasteiger partial charge in [-0.3, -0.25) is 4.98 Å². The maximum Gasteiger partial charge on any atom is 0.142 e. The topological polar surface area (TPSA) is 58.0 Å². The van der Waals surface area contributed by atoms with Crippen LogP contribution in [0.15, 0.2) is 54.0 Å². The Balaban J connectivity index is 1.53. The first-order chi connectivity index (χ1) is 11.2. The van der Waals surface area contributed by atoms with Gasteiger partial charge in [0.15, 0.2) is 0 Å². The largest absolute Gasteiger partial charge is 0.387 e. The number of nitrogens with one attached hydrogen (secondary N) is 1. The summed E-state index contributed by atoms with van der Waals surface area (Å²) in [5, 5.41) is 16.9. The fourth-order valence-corrected chi connectivity index (χ4v) is 3.06. The van der Waals surface area contributed by atoms with Gasteiger partial charge in [-0.25, -0.2) is 4.98 Å². The summed E-state index contributed by atoms with van der Waals surface area (Å²) in [4.78, 5) is 8.85. The molecule has 6 heteroatoms. The summed E-state index contributed by atoms with van der Waals surface area (Å²) in [6.07, 6.45) is 1.19. The number of pyridine rings is 1. The van der Waals surface area contributed by atoms with Gasteiger partial charge in [-0.05, 0) is 29.8 Å². The molecule has 0 aliphatic carbocycles. The molecule has 3 aromatic rings. The molecular weight excluding hydrogens is 330 g/mol. The lowest BCUT2D eigenvalue weighted by Crippen LogP contribution is -2.21. The van der Waals surface area contributed by atoms with Gasteiger partial charge in [0.1, 0.15) is 5.01 Å². The SMILES string of the molecule is OC(CNCc1csc(-c2ccccn2)n1)c1ccc(Cl)cc1. The second-order valence-electron chi connectivity index (χ2n) is 5.06. The summed E-state index contributed by atoms with van der Waals surface area (Å²) < 4.78 is 0. The van der Waals surface area contributed by atoms with Crippen LogP contribution in [-0.4, -0.2) is 21.6 Å². The Morgan fingerprint density at radius 3 is 2.74 bits per heavy atom. The highest BCUT2D eigenvalue weighted by Gasteiger charge is 2.08. The van der Waals surface area contributed by atoms with Crippen LogP contribution in [0, 0.1) is 0 Å². The highest BCUT2D eigenvalue weighted by molar-refractivity contribution is 7.13. The van der Waals surface area contributed by atoms with Crippen molar-refractivity contribution < 1.29 is 5.11 Å². The van der Waals surface area contributed by atoms with Crippen LogP contribution in [0.1, 0.15) is 17.4 Å². The minimum absolute atomic E-state index is 0.456. The lowest BCUT2D eigenvalue weighted by Gasteiger charge is -2.11. The van der Waals surface area contributed by atoms with Crippen molar-refractivity contribution in [3.05, 3.63) is 70.3 Å². The first-order valence-corrected chi connectivity index (χ1v) is 8.48. The van der Waals surface area contributed by atoms with E-state index in [1.807, 2.05) is 35.7 Å². The summed E-state index contributed by atoms with van der Waals surface area (Å²) in [7, 11) is 0. The van der Waals surface area contributed by atoms with E-state index >= 15 is 0 Å². The van der Waals surface area contributed by atoms with Gasteiger partial charge in [0.2, 0.25) is 0 Å². The van der Waals surface area contributed by atoms with E-state index in [0.29, 0.717) is 18.1 Å². The molecule has 2 N–H and O–H groups in total. The number of thiazole rings is 1. The predicted octanol–water partition coefficient (Wildman–Crippen LogP) is 3.68. The van der Waals surface area contributed by atoms with Crippen molar-refractivity contribution in [1.82, 2.24) is 15.3 Å². The zero-order valence-electron chi connectivity index (χ0n) is 12.3. The van der Waals surface area contributed by atoms with Gasteiger partial charge in [-0.2, -0.15) is 0 Å². The van der Waals surface area contributed by atoms with E-state index in [1.54, 1.807) is 29.7 Å². The number of nitrogens with zero attached hydrogens (tertiary/aromatic N) is 2. The number of aliphatic hydroxyl groups excluding tert-OH is 1. The molecule has 0 aliphatic rings. The molecule has 2 aromatic heterocycles. The maximum atomic E-state index is 10.1. The van der Waals surface area contributed by atoms with E-state index in [-0.39, 0.29) is 0 Å². The third-order valence-corrected chi connectivity index (χ3v) is 4.50. The molecule has 0 bridgehead atoms. The molecule has 2 heterocycles. The summed E-state index contributed by atoms with van der Waals surface area (Å²) >= 11 is 7.41. The maximum absolute atomic E-state index is 10.1. The summed E-state index contributed by atoms with van der Waals surface area (Å²) in [6.45, 7) is 1.06. The highest BCUT2D eigenvalue weighted by atomic mass is 35.5. The molecular formula is C17H16ClN3OS. The van der Waals surface area contributed by atoms with Gasteiger partial charge < -0.3 is 10.4 Å². The van der Waals surface area contributed by atoms with Crippen molar-refractivity contribution >= 4 is 22.9 Å². The van der Waals surface area contributed by atoms with Crippen molar-refractivity contribution in [3.8, 4) is 10.7 Å². The molecule has 118 valence electrons. The third-order valence-electron chi connectivity index (χ3n) is 3.33. The molecule has 0 fully saturated rings. The van der Waals surface area contributed by atoms with Crippen LogP contribution >= 0.6 is 22.9 Å². The first-order valence-electron chi connectivity index (χ1n) is 7.22. The molecule has 1 unspecified atom stereocenters. The Morgan fingerprint density at radius 2 is 2.00 bits per heavy atom. The zero-order valence-corrected chi connectivity index (χ0v) is 13.9. The fraction of sp³-hybridized carbons (Fsp3) is 0.176. The summed E-state index contributed by atoms with van der Waals surface area (Å²) in [6, 6.07) is 13.0. The van der Waals surface area contributed by atoms with Crippen molar-refractivity contribution in [2.75, 3.05) is 6.54 Å². The molecule has 0 saturated heterocycles. The Labute approximate surface area is 143 Å². The number of aliphatic hydroxyl groups is 1. The average Bonchev–Trinajstić information content (AvgIpc) is 3.05. The highest BCUT2D eigenvalue weighted by Crippen LogP contribution is 2.21. The van der Waals surface area contributed by atoms with E-state index in [0.717, 1.165) is 22.0 Å². The van der Waals surface area contributed by atoms with Gasteiger partial charge in [-0.15, -0.1) is 11.3 Å². The van der Waals surface area contributed by atoms with Crippen LogP contribution in [0.25, 0.3) is 10.7 Å². The van der Waals surface area contributed by atoms with Crippen LogP contribution < -0.4 is 5.32 Å². The average molecular weight is 346 g/mol.